The van der Waals surface area contributed by atoms with Crippen molar-refractivity contribution in [3.05, 3.63) is 115 Å². The highest BCUT2D eigenvalue weighted by molar-refractivity contribution is 6.39. The average Bonchev–Trinajstić information content (AvgIpc) is 3.05. The number of rotatable bonds is 16. The summed E-state index contributed by atoms with van der Waals surface area (Å²) in [5, 5.41) is 21.6. The molecular formula is C33H30Cl4N2O9. The monoisotopic (exact) mass is 738 g/mol. The predicted molar refractivity (Wildman–Crippen MR) is 182 cm³/mol. The van der Waals surface area contributed by atoms with E-state index in [1.807, 2.05) is 13.8 Å². The van der Waals surface area contributed by atoms with Gasteiger partial charge in [-0.2, -0.15) is 4.89 Å². The highest BCUT2D eigenvalue weighted by Gasteiger charge is 2.24. The lowest BCUT2D eigenvalue weighted by Gasteiger charge is -2.23. The molecule has 0 aliphatic carbocycles. The van der Waals surface area contributed by atoms with E-state index in [1.54, 1.807) is 60.7 Å². The Morgan fingerprint density at radius 1 is 0.708 bits per heavy atom. The smallest absolute Gasteiger partial charge is 0.338 e. The van der Waals surface area contributed by atoms with Gasteiger partial charge < -0.3 is 20.0 Å². The first-order chi connectivity index (χ1) is 22.9. The van der Waals surface area contributed by atoms with Crippen LogP contribution < -0.4 is 20.4 Å². The van der Waals surface area contributed by atoms with Crippen molar-refractivity contribution in [2.24, 2.45) is 5.41 Å². The summed E-state index contributed by atoms with van der Waals surface area (Å²) in [5.74, 6) is -1.08. The van der Waals surface area contributed by atoms with Crippen molar-refractivity contribution in [2.45, 2.75) is 27.1 Å². The molecule has 1 amide bonds. The fraction of sp³-hybridized carbons (Fsp3) is 0.212. The molecule has 0 saturated heterocycles. The number of hydrogen-bond donors (Lipinski definition) is 4. The fourth-order valence-electron chi connectivity index (χ4n) is 4.17. The summed E-state index contributed by atoms with van der Waals surface area (Å²) < 4.78 is 5.90. The van der Waals surface area contributed by atoms with Gasteiger partial charge in [-0.3, -0.25) is 20.4 Å². The highest BCUT2D eigenvalue weighted by atomic mass is 35.5. The summed E-state index contributed by atoms with van der Waals surface area (Å²) in [6.07, 6.45) is 0. The summed E-state index contributed by atoms with van der Waals surface area (Å²) in [4.78, 5) is 45.1. The van der Waals surface area contributed by atoms with Crippen molar-refractivity contribution in [3.63, 3.8) is 0 Å². The first-order valence-electron chi connectivity index (χ1n) is 14.1. The molecular weight excluding hydrogens is 710 g/mol. The number of ether oxygens (including phenoxy) is 1. The molecule has 0 unspecified atom stereocenters. The number of hydrogen-bond acceptors (Lipinski definition) is 9. The van der Waals surface area contributed by atoms with E-state index in [0.717, 1.165) is 0 Å². The van der Waals surface area contributed by atoms with Gasteiger partial charge in [-0.25, -0.2) is 9.68 Å². The zero-order valence-electron chi connectivity index (χ0n) is 25.5. The first kappa shape index (κ1) is 37.0. The summed E-state index contributed by atoms with van der Waals surface area (Å²) in [6, 6.07) is 19.3. The lowest BCUT2D eigenvalue weighted by Crippen LogP contribution is -2.28. The number of carbonyl (C=O) groups is 2. The number of carboxylic acid groups (broad SMARTS) is 1. The van der Waals surface area contributed by atoms with Crippen LogP contribution in [0.5, 0.6) is 11.5 Å². The molecule has 0 bridgehead atoms. The van der Waals surface area contributed by atoms with E-state index in [4.69, 9.17) is 71.0 Å². The van der Waals surface area contributed by atoms with E-state index in [9.17, 15) is 14.7 Å². The Labute approximate surface area is 295 Å². The Bertz CT molecular complexity index is 1740. The van der Waals surface area contributed by atoms with Crippen molar-refractivity contribution in [2.75, 3.05) is 24.0 Å². The third kappa shape index (κ3) is 10.1. The molecule has 4 rings (SSSR count). The molecule has 0 aliphatic heterocycles. The molecule has 0 fully saturated rings. The van der Waals surface area contributed by atoms with Gasteiger partial charge in [-0.15, -0.1) is 0 Å². The van der Waals surface area contributed by atoms with Gasteiger partial charge in [0.2, 0.25) is 0 Å². The number of anilines is 2. The van der Waals surface area contributed by atoms with Crippen molar-refractivity contribution >= 4 is 69.7 Å². The number of carbonyl (C=O) groups excluding carboxylic acids is 1. The Morgan fingerprint density at radius 2 is 1.25 bits per heavy atom. The molecule has 0 heterocycles. The highest BCUT2D eigenvalue weighted by Crippen LogP contribution is 2.30. The van der Waals surface area contributed by atoms with Crippen LogP contribution in [0.15, 0.2) is 72.8 Å². The van der Waals surface area contributed by atoms with E-state index >= 15 is 0 Å². The standard InChI is InChI=1S/C33H30Cl4N2O9/c1-33(2,17-44-21-7-3-19(4-8-21)38-31(40)29-27(36)13-14-28(37)30(29)32(41)42)18-47-48-22-9-5-20(6-10-22)39-45-15-23-24(16-46-43)26(35)12-11-25(23)34/h3-14,39,43H,15-18H2,1-2H3,(H,38,40)(H,41,42). The van der Waals surface area contributed by atoms with E-state index in [0.29, 0.717) is 44.0 Å². The third-order valence-electron chi connectivity index (χ3n) is 6.68. The molecule has 0 atom stereocenters. The number of nitrogens with one attached hydrogen (secondary N) is 2. The Balaban J connectivity index is 1.21. The van der Waals surface area contributed by atoms with Gasteiger partial charge in [0.25, 0.3) is 5.91 Å². The molecule has 0 aliphatic rings. The SMILES string of the molecule is CC(C)(COOc1ccc(NOCc2c(Cl)ccc(Cl)c2COO)cc1)COc1ccc(NC(=O)c2c(Cl)ccc(Cl)c2C(=O)O)cc1. The summed E-state index contributed by atoms with van der Waals surface area (Å²) in [6.45, 7) is 4.29. The quantitative estimate of drug-likeness (QED) is 0.0648. The van der Waals surface area contributed by atoms with E-state index in [2.05, 4.69) is 15.7 Å². The van der Waals surface area contributed by atoms with Crippen LogP contribution in [0, 0.1) is 5.41 Å². The molecule has 4 N–H and O–H groups in total. The number of carboxylic acids is 1. The molecule has 4 aromatic carbocycles. The van der Waals surface area contributed by atoms with Crippen molar-refractivity contribution < 1.29 is 44.2 Å². The van der Waals surface area contributed by atoms with Gasteiger partial charge in [0.15, 0.2) is 5.75 Å². The van der Waals surface area contributed by atoms with Gasteiger partial charge >= 0.3 is 5.97 Å². The maximum atomic E-state index is 12.8. The Kier molecular flexibility index (Phi) is 13.2. The number of halogens is 4. The zero-order chi connectivity index (χ0) is 34.8. The fourth-order valence-corrected chi connectivity index (χ4v) is 5.12. The van der Waals surface area contributed by atoms with Crippen LogP contribution in [0.4, 0.5) is 11.4 Å². The Hall–Kier alpha value is -3.78. The maximum absolute atomic E-state index is 12.8. The summed E-state index contributed by atoms with van der Waals surface area (Å²) in [7, 11) is 0. The largest absolute Gasteiger partial charge is 0.493 e. The van der Waals surface area contributed by atoms with Gasteiger partial charge in [-0.05, 0) is 72.8 Å². The zero-order valence-corrected chi connectivity index (χ0v) is 28.5. The maximum Gasteiger partial charge on any atom is 0.338 e. The molecule has 254 valence electrons. The van der Waals surface area contributed by atoms with Crippen LogP contribution in [-0.2, 0) is 27.8 Å². The lowest BCUT2D eigenvalue weighted by atomic mass is 9.96. The minimum Gasteiger partial charge on any atom is -0.493 e. The predicted octanol–water partition coefficient (Wildman–Crippen LogP) is 9.20. The minimum atomic E-state index is -1.37. The van der Waals surface area contributed by atoms with Crippen LogP contribution in [0.2, 0.25) is 20.1 Å². The third-order valence-corrected chi connectivity index (χ3v) is 8.02. The van der Waals surface area contributed by atoms with Crippen LogP contribution >= 0.6 is 46.4 Å². The molecule has 0 spiro atoms. The van der Waals surface area contributed by atoms with Crippen LogP contribution in [0.1, 0.15) is 45.7 Å². The van der Waals surface area contributed by atoms with Gasteiger partial charge in [0.05, 0.1) is 33.5 Å². The Morgan fingerprint density at radius 3 is 1.85 bits per heavy atom. The van der Waals surface area contributed by atoms with Gasteiger partial charge in [-0.1, -0.05) is 60.3 Å². The number of benzene rings is 4. The molecule has 0 saturated carbocycles. The second-order valence-corrected chi connectivity index (χ2v) is 12.7. The van der Waals surface area contributed by atoms with Crippen molar-refractivity contribution in [1.82, 2.24) is 0 Å². The first-order valence-corrected chi connectivity index (χ1v) is 15.6. The minimum absolute atomic E-state index is 0.0377. The normalized spacial score (nSPS) is 11.2. The second kappa shape index (κ2) is 17.0. The molecule has 4 aromatic rings. The molecule has 0 radical (unpaired) electrons. The second-order valence-electron chi connectivity index (χ2n) is 11.0. The van der Waals surface area contributed by atoms with Gasteiger partial charge in [0, 0.05) is 32.3 Å². The van der Waals surface area contributed by atoms with Crippen molar-refractivity contribution in [1.29, 1.82) is 0 Å². The number of aromatic carboxylic acids is 1. The van der Waals surface area contributed by atoms with E-state index < -0.39 is 17.3 Å². The molecule has 11 nitrogen and oxygen atoms in total. The average molecular weight is 740 g/mol. The van der Waals surface area contributed by atoms with Crippen LogP contribution in [0.25, 0.3) is 0 Å². The number of amides is 1. The lowest BCUT2D eigenvalue weighted by molar-refractivity contribution is -0.253. The van der Waals surface area contributed by atoms with Crippen LogP contribution in [-0.4, -0.2) is 35.5 Å². The summed E-state index contributed by atoms with van der Waals surface area (Å²) >= 11 is 24.5. The van der Waals surface area contributed by atoms with E-state index in [1.165, 1.54) is 12.1 Å². The van der Waals surface area contributed by atoms with Crippen molar-refractivity contribution in [3.8, 4) is 11.5 Å². The van der Waals surface area contributed by atoms with Gasteiger partial charge in [0.1, 0.15) is 25.6 Å². The topological polar surface area (TPSA) is 145 Å². The molecule has 15 heteroatoms. The van der Waals surface area contributed by atoms with E-state index in [-0.39, 0.29) is 47.6 Å². The summed E-state index contributed by atoms with van der Waals surface area (Å²) in [5.41, 5.74) is 3.88. The van der Waals surface area contributed by atoms with Crippen LogP contribution in [0.3, 0.4) is 0 Å². The molecule has 0 aromatic heterocycles. The molecule has 48 heavy (non-hydrogen) atoms.